The minimum absolute atomic E-state index is 0.0191. The van der Waals surface area contributed by atoms with Gasteiger partial charge in [0.2, 0.25) is 0 Å². The Labute approximate surface area is 115 Å². The van der Waals surface area contributed by atoms with E-state index in [0.717, 1.165) is 31.6 Å². The van der Waals surface area contributed by atoms with Crippen LogP contribution in [0.1, 0.15) is 44.2 Å². The lowest BCUT2D eigenvalue weighted by Crippen LogP contribution is -2.53. The number of nitrogens with one attached hydrogen (secondary N) is 1. The van der Waals surface area contributed by atoms with Crippen molar-refractivity contribution < 1.29 is 9.84 Å². The molecule has 1 saturated carbocycles. The van der Waals surface area contributed by atoms with Crippen LogP contribution in [-0.4, -0.2) is 22.9 Å². The molecule has 0 spiro atoms. The van der Waals surface area contributed by atoms with Gasteiger partial charge in [0.1, 0.15) is 11.4 Å². The molecule has 0 atom stereocenters. The van der Waals surface area contributed by atoms with Crippen molar-refractivity contribution in [1.82, 2.24) is 5.32 Å². The van der Waals surface area contributed by atoms with Gasteiger partial charge in [-0.25, -0.2) is 0 Å². The van der Waals surface area contributed by atoms with Crippen molar-refractivity contribution in [2.24, 2.45) is 0 Å². The molecule has 1 fully saturated rings. The number of hydrogen-bond donors (Lipinski definition) is 2. The van der Waals surface area contributed by atoms with Gasteiger partial charge in [0.25, 0.3) is 0 Å². The van der Waals surface area contributed by atoms with Gasteiger partial charge < -0.3 is 15.2 Å². The molecule has 19 heavy (non-hydrogen) atoms. The van der Waals surface area contributed by atoms with Crippen LogP contribution < -0.4 is 10.1 Å². The first-order valence-electron chi connectivity index (χ1n) is 7.19. The molecule has 1 aliphatic heterocycles. The summed E-state index contributed by atoms with van der Waals surface area (Å²) < 4.78 is 5.89. The largest absolute Gasteiger partial charge is 0.487 e. The van der Waals surface area contributed by atoms with E-state index >= 15 is 0 Å². The van der Waals surface area contributed by atoms with Crippen molar-refractivity contribution >= 4 is 0 Å². The molecule has 3 nitrogen and oxygen atoms in total. The molecule has 0 radical (unpaired) electrons. The Hall–Kier alpha value is -1.06. The summed E-state index contributed by atoms with van der Waals surface area (Å²) in [5, 5.41) is 13.0. The molecule has 0 aromatic heterocycles. The fraction of sp³-hybridized carbons (Fsp3) is 0.625. The maximum Gasteiger partial charge on any atom is 0.123 e. The lowest BCUT2D eigenvalue weighted by Gasteiger charge is -2.41. The Morgan fingerprint density at radius 3 is 2.74 bits per heavy atom. The quantitative estimate of drug-likeness (QED) is 0.874. The average molecular weight is 261 g/mol. The van der Waals surface area contributed by atoms with Gasteiger partial charge in [0, 0.05) is 18.5 Å². The van der Waals surface area contributed by atoms with Crippen molar-refractivity contribution in [3.05, 3.63) is 29.3 Å². The molecule has 1 heterocycles. The lowest BCUT2D eigenvalue weighted by molar-refractivity contribution is 0.0872. The summed E-state index contributed by atoms with van der Waals surface area (Å²) in [6.45, 7) is 5.32. The van der Waals surface area contributed by atoms with Gasteiger partial charge in [-0.05, 0) is 50.3 Å². The van der Waals surface area contributed by atoms with Crippen LogP contribution in [0.4, 0.5) is 0 Å². The highest BCUT2D eigenvalue weighted by molar-refractivity contribution is 5.41. The van der Waals surface area contributed by atoms with Crippen LogP contribution in [0.2, 0.25) is 0 Å². The smallest absolute Gasteiger partial charge is 0.123 e. The molecule has 2 N–H and O–H groups in total. The molecule has 1 aromatic carbocycles. The van der Waals surface area contributed by atoms with Gasteiger partial charge in [0.05, 0.1) is 6.61 Å². The number of rotatable bonds is 4. The number of fused-ring (bicyclic) bond motifs is 1. The average Bonchev–Trinajstić information content (AvgIpc) is 2.61. The van der Waals surface area contributed by atoms with Gasteiger partial charge in [0.15, 0.2) is 0 Å². The van der Waals surface area contributed by atoms with Crippen LogP contribution in [0.25, 0.3) is 0 Å². The van der Waals surface area contributed by atoms with Crippen LogP contribution in [0, 0.1) is 0 Å². The topological polar surface area (TPSA) is 41.5 Å². The molecule has 104 valence electrons. The molecular weight excluding hydrogens is 238 g/mol. The van der Waals surface area contributed by atoms with Crippen LogP contribution in [-0.2, 0) is 13.0 Å². The van der Waals surface area contributed by atoms with Gasteiger partial charge in [-0.2, -0.15) is 0 Å². The predicted molar refractivity (Wildman–Crippen MR) is 75.4 cm³/mol. The highest BCUT2D eigenvalue weighted by atomic mass is 16.5. The van der Waals surface area contributed by atoms with Crippen LogP contribution in [0.3, 0.4) is 0 Å². The van der Waals surface area contributed by atoms with E-state index in [1.165, 1.54) is 17.5 Å². The van der Waals surface area contributed by atoms with Gasteiger partial charge >= 0.3 is 0 Å². The zero-order chi connectivity index (χ0) is 13.5. The van der Waals surface area contributed by atoms with E-state index in [0.29, 0.717) is 0 Å². The molecule has 0 unspecified atom stereocenters. The predicted octanol–water partition coefficient (Wildman–Crippen LogP) is 2.40. The Morgan fingerprint density at radius 2 is 2.11 bits per heavy atom. The van der Waals surface area contributed by atoms with Crippen LogP contribution in [0.5, 0.6) is 5.75 Å². The number of ether oxygens (including phenoxy) is 1. The molecule has 3 rings (SSSR count). The molecule has 3 heteroatoms. The van der Waals surface area contributed by atoms with E-state index in [4.69, 9.17) is 4.74 Å². The summed E-state index contributed by atoms with van der Waals surface area (Å²) in [5.41, 5.74) is 2.49. The minimum Gasteiger partial charge on any atom is -0.487 e. The Kier molecular flexibility index (Phi) is 3.06. The van der Waals surface area contributed by atoms with Crippen LogP contribution in [0.15, 0.2) is 18.2 Å². The highest BCUT2D eigenvalue weighted by Gasteiger charge is 2.35. The first-order chi connectivity index (χ1) is 9.02. The SMILES string of the molecule is CC1(C)Cc2cc(CNC3(CO)CCC3)ccc2O1. The summed E-state index contributed by atoms with van der Waals surface area (Å²) in [6.07, 6.45) is 4.37. The van der Waals surface area contributed by atoms with Gasteiger partial charge in [-0.3, -0.25) is 0 Å². The van der Waals surface area contributed by atoms with Gasteiger partial charge in [-0.15, -0.1) is 0 Å². The molecule has 1 aliphatic carbocycles. The summed E-state index contributed by atoms with van der Waals surface area (Å²) in [6, 6.07) is 6.44. The Bertz CT molecular complexity index is 472. The van der Waals surface area contributed by atoms with Crippen LogP contribution >= 0.6 is 0 Å². The van der Waals surface area contributed by atoms with E-state index < -0.39 is 0 Å². The summed E-state index contributed by atoms with van der Waals surface area (Å²) >= 11 is 0. The standard InChI is InChI=1S/C16H23NO2/c1-15(2)9-13-8-12(4-5-14(13)19-15)10-17-16(11-18)6-3-7-16/h4-5,8,17-18H,3,6-7,9-11H2,1-2H3. The summed E-state index contributed by atoms with van der Waals surface area (Å²) in [7, 11) is 0. The minimum atomic E-state index is -0.0747. The number of aliphatic hydroxyl groups is 1. The molecule has 0 amide bonds. The van der Waals surface area contributed by atoms with E-state index in [1.54, 1.807) is 0 Å². The number of aliphatic hydroxyl groups excluding tert-OH is 1. The molecule has 0 bridgehead atoms. The fourth-order valence-electron chi connectivity index (χ4n) is 3.06. The fourth-order valence-corrected chi connectivity index (χ4v) is 3.06. The summed E-state index contributed by atoms with van der Waals surface area (Å²) in [4.78, 5) is 0. The van der Waals surface area contributed by atoms with E-state index in [2.05, 4.69) is 37.4 Å². The second-order valence-corrected chi connectivity index (χ2v) is 6.63. The number of benzene rings is 1. The third-order valence-corrected chi connectivity index (χ3v) is 4.41. The van der Waals surface area contributed by atoms with Gasteiger partial charge in [-0.1, -0.05) is 12.1 Å². The normalized spacial score (nSPS) is 22.5. The molecular formula is C16H23NO2. The van der Waals surface area contributed by atoms with Crippen molar-refractivity contribution in [2.75, 3.05) is 6.61 Å². The van der Waals surface area contributed by atoms with E-state index in [9.17, 15) is 5.11 Å². The van der Waals surface area contributed by atoms with Crippen molar-refractivity contribution in [3.63, 3.8) is 0 Å². The zero-order valence-electron chi connectivity index (χ0n) is 11.8. The maximum absolute atomic E-state index is 9.46. The lowest BCUT2D eigenvalue weighted by atomic mass is 9.77. The second kappa shape index (κ2) is 4.50. The first kappa shape index (κ1) is 12.9. The van der Waals surface area contributed by atoms with Crippen molar-refractivity contribution in [3.8, 4) is 5.75 Å². The third-order valence-electron chi connectivity index (χ3n) is 4.41. The van der Waals surface area contributed by atoms with Crippen molar-refractivity contribution in [2.45, 2.75) is 57.2 Å². The Balaban J connectivity index is 1.67. The van der Waals surface area contributed by atoms with E-state index in [1.807, 2.05) is 0 Å². The Morgan fingerprint density at radius 1 is 1.32 bits per heavy atom. The monoisotopic (exact) mass is 261 g/mol. The maximum atomic E-state index is 9.46. The second-order valence-electron chi connectivity index (χ2n) is 6.63. The molecule has 0 saturated heterocycles. The first-order valence-corrected chi connectivity index (χ1v) is 7.19. The van der Waals surface area contributed by atoms with Crippen molar-refractivity contribution in [1.29, 1.82) is 0 Å². The van der Waals surface area contributed by atoms with E-state index in [-0.39, 0.29) is 17.7 Å². The highest BCUT2D eigenvalue weighted by Crippen LogP contribution is 2.36. The molecule has 2 aliphatic rings. The third kappa shape index (κ3) is 2.49. The zero-order valence-corrected chi connectivity index (χ0v) is 11.8. The molecule has 1 aromatic rings. The summed E-state index contributed by atoms with van der Waals surface area (Å²) in [5.74, 6) is 1.02. The number of hydrogen-bond acceptors (Lipinski definition) is 3.